The Morgan fingerprint density at radius 1 is 0.938 bits per heavy atom. The molecule has 0 aromatic heterocycles. The number of nitrogens with zero attached hydrogens (tertiary/aromatic N) is 3. The minimum absolute atomic E-state index is 0.0949. The molecule has 4 aliphatic rings. The number of fused-ring (bicyclic) bond motifs is 1. The van der Waals surface area contributed by atoms with Gasteiger partial charge in [-0.15, -0.1) is 0 Å². The lowest BCUT2D eigenvalue weighted by atomic mass is 9.87. The Morgan fingerprint density at radius 2 is 1.72 bits per heavy atom. The fourth-order valence-electron chi connectivity index (χ4n) is 5.81. The molecule has 0 bridgehead atoms. The van der Waals surface area contributed by atoms with Crippen molar-refractivity contribution in [3.63, 3.8) is 0 Å². The Kier molecular flexibility index (Phi) is 6.17. The predicted molar refractivity (Wildman–Crippen MR) is 122 cm³/mol. The van der Waals surface area contributed by atoms with Crippen molar-refractivity contribution in [2.75, 3.05) is 37.6 Å². The number of piperazine rings is 1. The van der Waals surface area contributed by atoms with Crippen LogP contribution in [-0.2, 0) is 16.1 Å². The second-order valence-electron chi connectivity index (χ2n) is 9.86. The molecule has 0 radical (unpaired) electrons. The molecule has 1 aliphatic carbocycles. The van der Waals surface area contributed by atoms with Crippen molar-refractivity contribution in [3.05, 3.63) is 29.3 Å². The van der Waals surface area contributed by atoms with Crippen molar-refractivity contribution in [2.45, 2.75) is 64.0 Å². The van der Waals surface area contributed by atoms with Crippen LogP contribution in [0.25, 0.3) is 0 Å². The summed E-state index contributed by atoms with van der Waals surface area (Å²) in [7, 11) is 0. The van der Waals surface area contributed by atoms with Crippen LogP contribution in [0.15, 0.2) is 18.2 Å². The lowest BCUT2D eigenvalue weighted by Crippen LogP contribution is -2.52. The first-order valence-corrected chi connectivity index (χ1v) is 12.3. The van der Waals surface area contributed by atoms with Gasteiger partial charge in [0.2, 0.25) is 11.8 Å². The van der Waals surface area contributed by atoms with Gasteiger partial charge in [0.25, 0.3) is 5.91 Å². The number of amides is 3. The lowest BCUT2D eigenvalue weighted by molar-refractivity contribution is -0.136. The van der Waals surface area contributed by atoms with Crippen molar-refractivity contribution in [3.8, 4) is 0 Å². The van der Waals surface area contributed by atoms with Crippen LogP contribution in [0.5, 0.6) is 0 Å². The maximum atomic E-state index is 13.1. The van der Waals surface area contributed by atoms with E-state index in [9.17, 15) is 14.4 Å². The van der Waals surface area contributed by atoms with Gasteiger partial charge in [0, 0.05) is 50.4 Å². The summed E-state index contributed by atoms with van der Waals surface area (Å²) in [4.78, 5) is 43.4. The molecule has 1 unspecified atom stereocenters. The minimum atomic E-state index is -0.552. The average molecular weight is 439 g/mol. The largest absolute Gasteiger partial charge is 0.369 e. The third-order valence-electron chi connectivity index (χ3n) is 7.83. The zero-order chi connectivity index (χ0) is 22.1. The van der Waals surface area contributed by atoms with E-state index in [1.165, 1.54) is 45.1 Å². The molecule has 1 N–H and O–H groups in total. The number of anilines is 1. The van der Waals surface area contributed by atoms with Crippen molar-refractivity contribution in [2.24, 2.45) is 5.92 Å². The summed E-state index contributed by atoms with van der Waals surface area (Å²) in [5, 5.41) is 2.37. The number of carbonyl (C=O) groups is 3. The number of hydrogen-bond acceptors (Lipinski definition) is 5. The molecule has 172 valence electrons. The van der Waals surface area contributed by atoms with Gasteiger partial charge in [-0.2, -0.15) is 0 Å². The predicted octanol–water partition coefficient (Wildman–Crippen LogP) is 2.54. The molecule has 1 atom stereocenters. The first-order valence-electron chi connectivity index (χ1n) is 12.3. The molecule has 3 amide bonds. The zero-order valence-corrected chi connectivity index (χ0v) is 18.9. The Morgan fingerprint density at radius 3 is 2.47 bits per heavy atom. The number of benzene rings is 1. The van der Waals surface area contributed by atoms with Gasteiger partial charge in [-0.1, -0.05) is 38.2 Å². The van der Waals surface area contributed by atoms with Crippen LogP contribution in [0.1, 0.15) is 67.3 Å². The Hall–Kier alpha value is -2.41. The van der Waals surface area contributed by atoms with E-state index in [2.05, 4.69) is 21.2 Å². The van der Waals surface area contributed by atoms with Crippen LogP contribution in [0.4, 0.5) is 5.69 Å². The molecule has 2 saturated heterocycles. The lowest BCUT2D eigenvalue weighted by Gasteiger charge is -2.37. The molecule has 7 nitrogen and oxygen atoms in total. The van der Waals surface area contributed by atoms with Gasteiger partial charge in [0.1, 0.15) is 6.04 Å². The number of piperidine rings is 1. The summed E-state index contributed by atoms with van der Waals surface area (Å²) >= 11 is 0. The fourth-order valence-corrected chi connectivity index (χ4v) is 5.81. The molecule has 0 spiro atoms. The standard InChI is InChI=1S/C25H34N4O3/c30-23-9-8-22(24(31)26-23)29-17-19-6-7-20(16-21(19)25(29)32)28-14-12-27(13-15-28)11-10-18-4-2-1-3-5-18/h6-7,16,18,22H,1-5,8-15,17H2,(H,26,30,31). The summed E-state index contributed by atoms with van der Waals surface area (Å²) < 4.78 is 0. The van der Waals surface area contributed by atoms with Crippen LogP contribution in [0, 0.1) is 5.92 Å². The smallest absolute Gasteiger partial charge is 0.255 e. The van der Waals surface area contributed by atoms with Crippen molar-refractivity contribution < 1.29 is 14.4 Å². The molecule has 32 heavy (non-hydrogen) atoms. The van der Waals surface area contributed by atoms with Gasteiger partial charge in [-0.25, -0.2) is 0 Å². The van der Waals surface area contributed by atoms with Gasteiger partial charge in [0.05, 0.1) is 0 Å². The summed E-state index contributed by atoms with van der Waals surface area (Å²) in [5.74, 6) is 0.224. The number of rotatable bonds is 5. The minimum Gasteiger partial charge on any atom is -0.369 e. The first kappa shape index (κ1) is 21.4. The monoisotopic (exact) mass is 438 g/mol. The summed E-state index contributed by atoms with van der Waals surface area (Å²) in [6.45, 7) is 5.75. The van der Waals surface area contributed by atoms with E-state index in [0.717, 1.165) is 43.3 Å². The van der Waals surface area contributed by atoms with E-state index in [-0.39, 0.29) is 24.1 Å². The molecule has 3 aliphatic heterocycles. The summed E-state index contributed by atoms with van der Waals surface area (Å²) in [6.07, 6.45) is 9.10. The van der Waals surface area contributed by atoms with E-state index < -0.39 is 6.04 Å². The van der Waals surface area contributed by atoms with Crippen LogP contribution in [-0.4, -0.2) is 66.3 Å². The van der Waals surface area contributed by atoms with Crippen molar-refractivity contribution >= 4 is 23.4 Å². The SMILES string of the molecule is O=C1CCC(N2Cc3ccc(N4CCN(CCC5CCCCC5)CC4)cc3C2=O)C(=O)N1. The third kappa shape index (κ3) is 4.40. The van der Waals surface area contributed by atoms with Crippen LogP contribution in [0.2, 0.25) is 0 Å². The molecule has 1 aromatic carbocycles. The van der Waals surface area contributed by atoms with Crippen LogP contribution in [0.3, 0.4) is 0 Å². The Balaban J connectivity index is 1.17. The molecule has 5 rings (SSSR count). The molecule has 1 saturated carbocycles. The van der Waals surface area contributed by atoms with E-state index in [4.69, 9.17) is 0 Å². The van der Waals surface area contributed by atoms with E-state index in [1.807, 2.05) is 12.1 Å². The van der Waals surface area contributed by atoms with Gasteiger partial charge < -0.3 is 9.80 Å². The maximum absolute atomic E-state index is 13.1. The highest BCUT2D eigenvalue weighted by atomic mass is 16.2. The Labute approximate surface area is 190 Å². The molecule has 7 heteroatoms. The molecule has 1 aromatic rings. The van der Waals surface area contributed by atoms with Gasteiger partial charge >= 0.3 is 0 Å². The number of hydrogen-bond donors (Lipinski definition) is 1. The number of imide groups is 1. The van der Waals surface area contributed by atoms with Gasteiger partial charge in [-0.3, -0.25) is 24.6 Å². The van der Waals surface area contributed by atoms with E-state index in [1.54, 1.807) is 4.90 Å². The third-order valence-corrected chi connectivity index (χ3v) is 7.83. The highest BCUT2D eigenvalue weighted by molar-refractivity contribution is 6.05. The summed E-state index contributed by atoms with van der Waals surface area (Å²) in [6, 6.07) is 5.59. The van der Waals surface area contributed by atoms with Crippen molar-refractivity contribution in [1.82, 2.24) is 15.1 Å². The van der Waals surface area contributed by atoms with E-state index >= 15 is 0 Å². The highest BCUT2D eigenvalue weighted by Gasteiger charge is 2.39. The second-order valence-corrected chi connectivity index (χ2v) is 9.86. The molecular formula is C25H34N4O3. The maximum Gasteiger partial charge on any atom is 0.255 e. The average Bonchev–Trinajstić information content (AvgIpc) is 3.14. The zero-order valence-electron chi connectivity index (χ0n) is 18.9. The van der Waals surface area contributed by atoms with Crippen LogP contribution >= 0.6 is 0 Å². The molecular weight excluding hydrogens is 404 g/mol. The fraction of sp³-hybridized carbons (Fsp3) is 0.640. The topological polar surface area (TPSA) is 73.0 Å². The molecule has 3 heterocycles. The van der Waals surface area contributed by atoms with Crippen molar-refractivity contribution in [1.29, 1.82) is 0 Å². The number of nitrogens with one attached hydrogen (secondary N) is 1. The van der Waals surface area contributed by atoms with Crippen LogP contribution < -0.4 is 10.2 Å². The Bertz CT molecular complexity index is 887. The number of carbonyl (C=O) groups excluding carboxylic acids is 3. The highest BCUT2D eigenvalue weighted by Crippen LogP contribution is 2.31. The van der Waals surface area contributed by atoms with Gasteiger partial charge in [0.15, 0.2) is 0 Å². The summed E-state index contributed by atoms with van der Waals surface area (Å²) in [5.41, 5.74) is 2.76. The van der Waals surface area contributed by atoms with E-state index in [0.29, 0.717) is 18.5 Å². The van der Waals surface area contributed by atoms with Gasteiger partial charge in [-0.05, 0) is 43.0 Å². The quantitative estimate of drug-likeness (QED) is 0.716. The molecule has 3 fully saturated rings. The first-order chi connectivity index (χ1) is 15.6. The second kappa shape index (κ2) is 9.22. The normalized spacial score (nSPS) is 25.2.